The Morgan fingerprint density at radius 2 is 1.85 bits per heavy atom. The van der Waals surface area contributed by atoms with Crippen molar-refractivity contribution in [3.05, 3.63) is 69.0 Å². The Morgan fingerprint density at radius 1 is 1.11 bits per heavy atom. The van der Waals surface area contributed by atoms with Crippen LogP contribution in [0.1, 0.15) is 29.8 Å². The SMILES string of the molecule is CCN(CC)c1ccc2cc(C(=O)Nc3ccc(Cl)cc3C)c(=O)oc2c1. The fourth-order valence-electron chi connectivity index (χ4n) is 3.00. The van der Waals surface area contributed by atoms with Crippen LogP contribution in [0.2, 0.25) is 5.02 Å². The van der Waals surface area contributed by atoms with Crippen molar-refractivity contribution in [2.75, 3.05) is 23.3 Å². The summed E-state index contributed by atoms with van der Waals surface area (Å²) in [6, 6.07) is 12.3. The molecular weight excluding hydrogens is 364 g/mol. The van der Waals surface area contributed by atoms with Crippen LogP contribution in [-0.4, -0.2) is 19.0 Å². The third-order valence-corrected chi connectivity index (χ3v) is 4.76. The molecule has 0 radical (unpaired) electrons. The summed E-state index contributed by atoms with van der Waals surface area (Å²) in [5.74, 6) is -0.510. The number of amides is 1. The lowest BCUT2D eigenvalue weighted by molar-refractivity contribution is 0.102. The second-order valence-corrected chi connectivity index (χ2v) is 6.69. The van der Waals surface area contributed by atoms with Gasteiger partial charge in [0.2, 0.25) is 0 Å². The Balaban J connectivity index is 1.95. The molecule has 2 aromatic carbocycles. The summed E-state index contributed by atoms with van der Waals surface area (Å²) in [5.41, 5.74) is 2.15. The molecule has 0 spiro atoms. The van der Waals surface area contributed by atoms with Crippen molar-refractivity contribution in [2.24, 2.45) is 0 Å². The van der Waals surface area contributed by atoms with Crippen LogP contribution in [0.15, 0.2) is 51.7 Å². The number of halogens is 1. The molecule has 1 aromatic heterocycles. The Hall–Kier alpha value is -2.79. The number of benzene rings is 2. The molecule has 0 bridgehead atoms. The number of hydrogen-bond acceptors (Lipinski definition) is 4. The summed E-state index contributed by atoms with van der Waals surface area (Å²) in [7, 11) is 0. The van der Waals surface area contributed by atoms with E-state index in [4.69, 9.17) is 16.0 Å². The van der Waals surface area contributed by atoms with Crippen molar-refractivity contribution < 1.29 is 9.21 Å². The van der Waals surface area contributed by atoms with Gasteiger partial charge < -0.3 is 14.6 Å². The molecule has 27 heavy (non-hydrogen) atoms. The zero-order valence-electron chi connectivity index (χ0n) is 15.5. The van der Waals surface area contributed by atoms with Crippen molar-refractivity contribution in [3.8, 4) is 0 Å². The number of fused-ring (bicyclic) bond motifs is 1. The van der Waals surface area contributed by atoms with E-state index in [1.54, 1.807) is 24.3 Å². The number of aryl methyl sites for hydroxylation is 1. The van der Waals surface area contributed by atoms with Crippen molar-refractivity contribution in [3.63, 3.8) is 0 Å². The predicted octanol–water partition coefficient (Wildman–Crippen LogP) is 4.85. The molecule has 0 aliphatic heterocycles. The highest BCUT2D eigenvalue weighted by Gasteiger charge is 2.15. The van der Waals surface area contributed by atoms with Gasteiger partial charge in [-0.15, -0.1) is 0 Å². The molecule has 0 aliphatic rings. The molecule has 0 atom stereocenters. The van der Waals surface area contributed by atoms with Gasteiger partial charge in [0.05, 0.1) is 0 Å². The second kappa shape index (κ2) is 7.84. The van der Waals surface area contributed by atoms with E-state index in [-0.39, 0.29) is 5.56 Å². The first-order valence-electron chi connectivity index (χ1n) is 8.83. The second-order valence-electron chi connectivity index (χ2n) is 6.26. The first-order valence-corrected chi connectivity index (χ1v) is 9.21. The molecule has 6 heteroatoms. The van der Waals surface area contributed by atoms with Crippen LogP contribution in [0, 0.1) is 6.92 Å². The van der Waals surface area contributed by atoms with Gasteiger partial charge >= 0.3 is 5.63 Å². The lowest BCUT2D eigenvalue weighted by Gasteiger charge is -2.21. The van der Waals surface area contributed by atoms with E-state index < -0.39 is 11.5 Å². The lowest BCUT2D eigenvalue weighted by Crippen LogP contribution is -2.22. The minimum Gasteiger partial charge on any atom is -0.422 e. The van der Waals surface area contributed by atoms with Crippen molar-refractivity contribution in [1.82, 2.24) is 0 Å². The molecule has 0 saturated carbocycles. The Morgan fingerprint density at radius 3 is 2.52 bits per heavy atom. The van der Waals surface area contributed by atoms with Crippen LogP contribution >= 0.6 is 11.6 Å². The molecule has 0 unspecified atom stereocenters. The van der Waals surface area contributed by atoms with Gasteiger partial charge in [0.15, 0.2) is 0 Å². The fraction of sp³-hybridized carbons (Fsp3) is 0.238. The zero-order valence-corrected chi connectivity index (χ0v) is 16.3. The highest BCUT2D eigenvalue weighted by molar-refractivity contribution is 6.30. The van der Waals surface area contributed by atoms with Crippen LogP contribution in [0.5, 0.6) is 0 Å². The molecule has 3 rings (SSSR count). The molecule has 3 aromatic rings. The van der Waals surface area contributed by atoms with E-state index >= 15 is 0 Å². The summed E-state index contributed by atoms with van der Waals surface area (Å²) >= 11 is 5.94. The highest BCUT2D eigenvalue weighted by Crippen LogP contribution is 2.23. The zero-order chi connectivity index (χ0) is 19.6. The van der Waals surface area contributed by atoms with Crippen LogP contribution in [0.3, 0.4) is 0 Å². The first-order chi connectivity index (χ1) is 12.9. The topological polar surface area (TPSA) is 62.6 Å². The molecule has 0 aliphatic carbocycles. The third-order valence-electron chi connectivity index (χ3n) is 4.53. The van der Waals surface area contributed by atoms with Gasteiger partial charge in [-0.3, -0.25) is 4.79 Å². The average Bonchev–Trinajstić information content (AvgIpc) is 2.64. The minimum atomic E-state index is -0.664. The quantitative estimate of drug-likeness (QED) is 0.638. The van der Waals surface area contributed by atoms with Crippen LogP contribution in [-0.2, 0) is 0 Å². The standard InChI is InChI=1S/C21H21ClN2O3/c1-4-24(5-2)16-8-6-14-11-17(21(26)27-19(14)12-16)20(25)23-18-9-7-15(22)10-13(18)3/h6-12H,4-5H2,1-3H3,(H,23,25). The van der Waals surface area contributed by atoms with E-state index in [1.165, 1.54) is 0 Å². The number of carbonyl (C=O) groups excluding carboxylic acids is 1. The fourth-order valence-corrected chi connectivity index (χ4v) is 3.23. The minimum absolute atomic E-state index is 0.0348. The normalized spacial score (nSPS) is 10.8. The predicted molar refractivity (Wildman–Crippen MR) is 110 cm³/mol. The van der Waals surface area contributed by atoms with Gasteiger partial charge in [0, 0.05) is 40.9 Å². The van der Waals surface area contributed by atoms with E-state index in [0.29, 0.717) is 21.7 Å². The van der Waals surface area contributed by atoms with Crippen molar-refractivity contribution >= 4 is 39.9 Å². The van der Waals surface area contributed by atoms with Crippen molar-refractivity contribution in [2.45, 2.75) is 20.8 Å². The first kappa shape index (κ1) is 19.0. The largest absolute Gasteiger partial charge is 0.422 e. The summed E-state index contributed by atoms with van der Waals surface area (Å²) in [5, 5.41) is 4.02. The molecule has 1 N–H and O–H groups in total. The number of anilines is 2. The monoisotopic (exact) mass is 384 g/mol. The maximum atomic E-state index is 12.6. The number of carbonyl (C=O) groups is 1. The maximum absolute atomic E-state index is 12.6. The van der Waals surface area contributed by atoms with Crippen LogP contribution < -0.4 is 15.8 Å². The molecule has 5 nitrogen and oxygen atoms in total. The Bertz CT molecular complexity index is 1050. The van der Waals surface area contributed by atoms with Gasteiger partial charge in [-0.1, -0.05) is 11.6 Å². The summed E-state index contributed by atoms with van der Waals surface area (Å²) in [6.07, 6.45) is 0. The van der Waals surface area contributed by atoms with Crippen molar-refractivity contribution in [1.29, 1.82) is 0 Å². The van der Waals surface area contributed by atoms with Crippen LogP contribution in [0.4, 0.5) is 11.4 Å². The van der Waals surface area contributed by atoms with E-state index in [2.05, 4.69) is 24.1 Å². The van der Waals surface area contributed by atoms with Gasteiger partial charge in [0.1, 0.15) is 11.1 Å². The smallest absolute Gasteiger partial charge is 0.349 e. The number of hydrogen-bond donors (Lipinski definition) is 1. The number of nitrogens with zero attached hydrogens (tertiary/aromatic N) is 1. The van der Waals surface area contributed by atoms with Gasteiger partial charge in [0.25, 0.3) is 5.91 Å². The molecule has 0 fully saturated rings. The highest BCUT2D eigenvalue weighted by atomic mass is 35.5. The summed E-state index contributed by atoms with van der Waals surface area (Å²) in [4.78, 5) is 27.1. The van der Waals surface area contributed by atoms with Gasteiger partial charge in [-0.05, 0) is 62.7 Å². The third kappa shape index (κ3) is 3.98. The van der Waals surface area contributed by atoms with Crippen LogP contribution in [0.25, 0.3) is 11.0 Å². The lowest BCUT2D eigenvalue weighted by atomic mass is 10.1. The Labute approximate surface area is 162 Å². The summed E-state index contributed by atoms with van der Waals surface area (Å²) in [6.45, 7) is 7.67. The molecule has 140 valence electrons. The van der Waals surface area contributed by atoms with E-state index in [1.807, 2.05) is 25.1 Å². The number of rotatable bonds is 5. The Kier molecular flexibility index (Phi) is 5.51. The average molecular weight is 385 g/mol. The van der Waals surface area contributed by atoms with Gasteiger partial charge in [-0.25, -0.2) is 4.79 Å². The molecular formula is C21H21ClN2O3. The summed E-state index contributed by atoms with van der Waals surface area (Å²) < 4.78 is 5.42. The molecule has 0 saturated heterocycles. The molecule has 1 amide bonds. The van der Waals surface area contributed by atoms with E-state index in [9.17, 15) is 9.59 Å². The van der Waals surface area contributed by atoms with Gasteiger partial charge in [-0.2, -0.15) is 0 Å². The maximum Gasteiger partial charge on any atom is 0.349 e. The molecule has 1 heterocycles. The van der Waals surface area contributed by atoms with E-state index in [0.717, 1.165) is 24.3 Å². The number of nitrogens with one attached hydrogen (secondary N) is 1.